The highest BCUT2D eigenvalue weighted by molar-refractivity contribution is 6.40. The van der Waals surface area contributed by atoms with Crippen molar-refractivity contribution in [2.24, 2.45) is 4.99 Å². The number of halogens is 4. The molecule has 0 fully saturated rings. The highest BCUT2D eigenvalue weighted by Crippen LogP contribution is 2.34. The molecule has 0 spiro atoms. The Balaban J connectivity index is 2.03. The number of hydrogen-bond donors (Lipinski definition) is 1. The van der Waals surface area contributed by atoms with Crippen LogP contribution in [0.5, 0.6) is 5.75 Å². The van der Waals surface area contributed by atoms with Gasteiger partial charge in [-0.15, -0.1) is 0 Å². The van der Waals surface area contributed by atoms with Gasteiger partial charge in [0.1, 0.15) is 11.4 Å². The van der Waals surface area contributed by atoms with Crippen LogP contribution in [0.1, 0.15) is 0 Å². The molecule has 0 bridgehead atoms. The average Bonchev–Trinajstić information content (AvgIpc) is 2.62. The SMILES string of the molecule is Clc1cccc(Cl)c1N=C(Nc1c(Cl)cccc1Cl)Oc1ccccc1. The number of rotatable bonds is 3. The molecular formula is C19H12Cl4N2O. The molecule has 0 radical (unpaired) electrons. The van der Waals surface area contributed by atoms with Gasteiger partial charge in [0.15, 0.2) is 0 Å². The van der Waals surface area contributed by atoms with Crippen LogP contribution in [0.25, 0.3) is 0 Å². The molecule has 0 aliphatic heterocycles. The fraction of sp³-hybridized carbons (Fsp3) is 0. The molecule has 0 aliphatic carbocycles. The van der Waals surface area contributed by atoms with Crippen LogP contribution in [-0.4, -0.2) is 6.02 Å². The zero-order chi connectivity index (χ0) is 18.5. The largest absolute Gasteiger partial charge is 0.426 e. The Hall–Kier alpha value is -1.91. The number of nitrogens with zero attached hydrogens (tertiary/aromatic N) is 1. The molecule has 26 heavy (non-hydrogen) atoms. The molecule has 3 rings (SSSR count). The Labute approximate surface area is 171 Å². The van der Waals surface area contributed by atoms with Gasteiger partial charge in [0.25, 0.3) is 6.02 Å². The average molecular weight is 426 g/mol. The molecule has 0 saturated carbocycles. The smallest absolute Gasteiger partial charge is 0.300 e. The fourth-order valence-electron chi connectivity index (χ4n) is 2.10. The Morgan fingerprint density at radius 2 is 1.23 bits per heavy atom. The van der Waals surface area contributed by atoms with E-state index in [2.05, 4.69) is 10.3 Å². The minimum Gasteiger partial charge on any atom is -0.426 e. The highest BCUT2D eigenvalue weighted by atomic mass is 35.5. The van der Waals surface area contributed by atoms with Gasteiger partial charge in [0.2, 0.25) is 0 Å². The van der Waals surface area contributed by atoms with E-state index in [9.17, 15) is 0 Å². The summed E-state index contributed by atoms with van der Waals surface area (Å²) in [6.45, 7) is 0. The van der Waals surface area contributed by atoms with Gasteiger partial charge in [-0.1, -0.05) is 76.7 Å². The van der Waals surface area contributed by atoms with Crippen LogP contribution in [0.4, 0.5) is 11.4 Å². The number of anilines is 1. The first kappa shape index (κ1) is 18.9. The summed E-state index contributed by atoms with van der Waals surface area (Å²) < 4.78 is 5.85. The Bertz CT molecular complexity index is 905. The minimum atomic E-state index is 0.126. The summed E-state index contributed by atoms with van der Waals surface area (Å²) in [4.78, 5) is 4.43. The van der Waals surface area contributed by atoms with E-state index in [-0.39, 0.29) is 6.02 Å². The van der Waals surface area contributed by atoms with Crippen LogP contribution in [-0.2, 0) is 0 Å². The van der Waals surface area contributed by atoms with E-state index in [0.29, 0.717) is 37.2 Å². The molecule has 3 aromatic rings. The van der Waals surface area contributed by atoms with Crippen LogP contribution < -0.4 is 10.1 Å². The van der Waals surface area contributed by atoms with Crippen molar-refractivity contribution in [3.05, 3.63) is 86.8 Å². The molecule has 1 N–H and O–H groups in total. The number of aliphatic imine (C=N–C) groups is 1. The molecular weight excluding hydrogens is 414 g/mol. The van der Waals surface area contributed by atoms with Crippen LogP contribution >= 0.6 is 46.4 Å². The lowest BCUT2D eigenvalue weighted by atomic mass is 10.3. The van der Waals surface area contributed by atoms with Crippen molar-refractivity contribution in [3.63, 3.8) is 0 Å². The maximum atomic E-state index is 6.23. The van der Waals surface area contributed by atoms with Crippen molar-refractivity contribution in [1.29, 1.82) is 0 Å². The van der Waals surface area contributed by atoms with Crippen molar-refractivity contribution in [3.8, 4) is 5.75 Å². The number of hydrogen-bond acceptors (Lipinski definition) is 2. The predicted octanol–water partition coefficient (Wildman–Crippen LogP) is 7.48. The Morgan fingerprint density at radius 3 is 1.81 bits per heavy atom. The van der Waals surface area contributed by atoms with Crippen molar-refractivity contribution in [2.45, 2.75) is 0 Å². The van der Waals surface area contributed by atoms with Crippen molar-refractivity contribution in [1.82, 2.24) is 0 Å². The van der Waals surface area contributed by atoms with Crippen LogP contribution in [0.15, 0.2) is 71.7 Å². The second-order valence-corrected chi connectivity index (χ2v) is 6.75. The standard InChI is InChI=1S/C19H12Cl4N2O/c20-13-8-4-9-14(21)17(13)24-19(26-12-6-2-1-3-7-12)25-18-15(22)10-5-11-16(18)23/h1-11H,(H,24,25). The normalized spacial score (nSPS) is 11.3. The first-order valence-corrected chi connectivity index (χ1v) is 9.02. The van der Waals surface area contributed by atoms with Crippen molar-refractivity contribution in [2.75, 3.05) is 5.32 Å². The molecule has 0 saturated heterocycles. The summed E-state index contributed by atoms with van der Waals surface area (Å²) in [5.74, 6) is 0.574. The van der Waals surface area contributed by atoms with E-state index in [1.165, 1.54) is 0 Å². The Kier molecular flexibility index (Phi) is 6.28. The molecule has 132 valence electrons. The lowest BCUT2D eigenvalue weighted by molar-refractivity contribution is 0.549. The van der Waals surface area contributed by atoms with Gasteiger partial charge in [-0.3, -0.25) is 0 Å². The van der Waals surface area contributed by atoms with Crippen molar-refractivity contribution >= 4 is 63.8 Å². The first-order chi connectivity index (χ1) is 12.5. The number of nitrogens with one attached hydrogen (secondary N) is 1. The molecule has 3 aromatic carbocycles. The van der Waals surface area contributed by atoms with E-state index < -0.39 is 0 Å². The van der Waals surface area contributed by atoms with E-state index in [1.54, 1.807) is 48.5 Å². The van der Waals surface area contributed by atoms with Crippen LogP contribution in [0.2, 0.25) is 20.1 Å². The molecule has 0 atom stereocenters. The highest BCUT2D eigenvalue weighted by Gasteiger charge is 2.13. The summed E-state index contributed by atoms with van der Waals surface area (Å²) in [5, 5.41) is 4.64. The number of ether oxygens (including phenoxy) is 1. The molecule has 0 amide bonds. The summed E-state index contributed by atoms with van der Waals surface area (Å²) in [6, 6.07) is 19.6. The third-order valence-corrected chi connectivity index (χ3v) is 4.54. The van der Waals surface area contributed by atoms with Crippen LogP contribution in [0, 0.1) is 0 Å². The topological polar surface area (TPSA) is 33.6 Å². The number of benzene rings is 3. The molecule has 0 aliphatic rings. The van der Waals surface area contributed by atoms with Gasteiger partial charge in [0, 0.05) is 0 Å². The molecule has 3 nitrogen and oxygen atoms in total. The maximum absolute atomic E-state index is 6.23. The van der Waals surface area contributed by atoms with Gasteiger partial charge in [-0.05, 0) is 36.4 Å². The van der Waals surface area contributed by atoms with Gasteiger partial charge < -0.3 is 10.1 Å². The number of amidine groups is 1. The predicted molar refractivity (Wildman–Crippen MR) is 111 cm³/mol. The lowest BCUT2D eigenvalue weighted by Gasteiger charge is -2.14. The second-order valence-electron chi connectivity index (χ2n) is 5.12. The minimum absolute atomic E-state index is 0.126. The third-order valence-electron chi connectivity index (χ3n) is 3.30. The van der Waals surface area contributed by atoms with E-state index in [4.69, 9.17) is 51.1 Å². The van der Waals surface area contributed by atoms with Crippen molar-refractivity contribution < 1.29 is 4.74 Å². The Morgan fingerprint density at radius 1 is 0.692 bits per heavy atom. The molecule has 0 aromatic heterocycles. The zero-order valence-electron chi connectivity index (χ0n) is 13.2. The summed E-state index contributed by atoms with van der Waals surface area (Å²) in [5.41, 5.74) is 0.839. The first-order valence-electron chi connectivity index (χ1n) is 7.51. The molecule has 0 heterocycles. The zero-order valence-corrected chi connectivity index (χ0v) is 16.2. The van der Waals surface area contributed by atoms with E-state index in [0.717, 1.165) is 0 Å². The van der Waals surface area contributed by atoms with Gasteiger partial charge in [-0.25, -0.2) is 0 Å². The number of para-hydroxylation sites is 3. The molecule has 7 heteroatoms. The summed E-state index contributed by atoms with van der Waals surface area (Å²) in [6.07, 6.45) is 0. The van der Waals surface area contributed by atoms with E-state index in [1.807, 2.05) is 18.2 Å². The van der Waals surface area contributed by atoms with Crippen LogP contribution in [0.3, 0.4) is 0 Å². The third kappa shape index (κ3) is 4.63. The van der Waals surface area contributed by atoms with Gasteiger partial charge >= 0.3 is 0 Å². The van der Waals surface area contributed by atoms with Gasteiger partial charge in [0.05, 0.1) is 25.8 Å². The fourth-order valence-corrected chi connectivity index (χ4v) is 3.07. The molecule has 0 unspecified atom stereocenters. The monoisotopic (exact) mass is 424 g/mol. The quantitative estimate of drug-likeness (QED) is 0.348. The lowest BCUT2D eigenvalue weighted by Crippen LogP contribution is -2.19. The summed E-state index contributed by atoms with van der Waals surface area (Å²) >= 11 is 24.9. The second kappa shape index (κ2) is 8.65. The summed E-state index contributed by atoms with van der Waals surface area (Å²) in [7, 11) is 0. The maximum Gasteiger partial charge on any atom is 0.300 e. The van der Waals surface area contributed by atoms with Gasteiger partial charge in [-0.2, -0.15) is 4.99 Å². The van der Waals surface area contributed by atoms with E-state index >= 15 is 0 Å².